The summed E-state index contributed by atoms with van der Waals surface area (Å²) < 4.78 is 16.3. The van der Waals surface area contributed by atoms with E-state index in [9.17, 15) is 10.1 Å². The Morgan fingerprint density at radius 1 is 1.33 bits per heavy atom. The molecule has 7 heteroatoms. The fraction of sp³-hybridized carbons (Fsp3) is 0.647. The first kappa shape index (κ1) is 18.5. The van der Waals surface area contributed by atoms with Gasteiger partial charge in [0.1, 0.15) is 11.4 Å². The molecule has 1 aromatic carbocycles. The minimum atomic E-state index is -0.368. The molecule has 1 aliphatic carbocycles. The second kappa shape index (κ2) is 9.44. The number of nitro groups is 1. The topological polar surface area (TPSA) is 82.9 Å². The van der Waals surface area contributed by atoms with Gasteiger partial charge < -0.3 is 19.5 Å². The van der Waals surface area contributed by atoms with Crippen molar-refractivity contribution in [1.82, 2.24) is 0 Å². The highest BCUT2D eigenvalue weighted by molar-refractivity contribution is 5.64. The first-order valence-corrected chi connectivity index (χ1v) is 8.42. The van der Waals surface area contributed by atoms with E-state index < -0.39 is 0 Å². The highest BCUT2D eigenvalue weighted by atomic mass is 16.6. The summed E-state index contributed by atoms with van der Waals surface area (Å²) in [6, 6.07) is 4.98. The van der Waals surface area contributed by atoms with Gasteiger partial charge >= 0.3 is 0 Å². The Bertz CT molecular complexity index is 538. The minimum absolute atomic E-state index is 0.0703. The largest absolute Gasteiger partial charge is 0.494 e. The predicted molar refractivity (Wildman–Crippen MR) is 91.8 cm³/mol. The van der Waals surface area contributed by atoms with Gasteiger partial charge in [0.25, 0.3) is 5.69 Å². The van der Waals surface area contributed by atoms with Gasteiger partial charge in [-0.1, -0.05) is 0 Å². The second-order valence-electron chi connectivity index (χ2n) is 5.86. The zero-order valence-corrected chi connectivity index (χ0v) is 14.3. The summed E-state index contributed by atoms with van der Waals surface area (Å²) in [7, 11) is 1.65. The summed E-state index contributed by atoms with van der Waals surface area (Å²) >= 11 is 0. The van der Waals surface area contributed by atoms with Gasteiger partial charge in [0.2, 0.25) is 0 Å². The lowest BCUT2D eigenvalue weighted by Crippen LogP contribution is -2.32. The maximum Gasteiger partial charge on any atom is 0.292 e. The predicted octanol–water partition coefficient (Wildman–Crippen LogP) is 3.38. The number of rotatable bonds is 9. The van der Waals surface area contributed by atoms with E-state index >= 15 is 0 Å². The first-order valence-electron chi connectivity index (χ1n) is 8.42. The van der Waals surface area contributed by atoms with Crippen LogP contribution >= 0.6 is 0 Å². The lowest BCUT2D eigenvalue weighted by Gasteiger charge is -2.30. The first-order chi connectivity index (χ1) is 11.6. The number of ether oxygens (including phenoxy) is 3. The molecule has 7 nitrogen and oxygen atoms in total. The average Bonchev–Trinajstić information content (AvgIpc) is 2.56. The van der Waals surface area contributed by atoms with Crippen molar-refractivity contribution in [2.24, 2.45) is 0 Å². The molecular formula is C17H26N2O5. The van der Waals surface area contributed by atoms with Gasteiger partial charge in [-0.3, -0.25) is 10.1 Å². The number of benzene rings is 1. The van der Waals surface area contributed by atoms with E-state index in [0.29, 0.717) is 31.3 Å². The van der Waals surface area contributed by atoms with E-state index in [-0.39, 0.29) is 22.8 Å². The van der Waals surface area contributed by atoms with Crippen LogP contribution in [-0.2, 0) is 9.47 Å². The Hall–Kier alpha value is -1.86. The third-order valence-corrected chi connectivity index (χ3v) is 4.10. The fourth-order valence-electron chi connectivity index (χ4n) is 2.99. The molecular weight excluding hydrogens is 312 g/mol. The number of hydrogen-bond acceptors (Lipinski definition) is 6. The van der Waals surface area contributed by atoms with Gasteiger partial charge in [0, 0.05) is 25.3 Å². The molecule has 1 N–H and O–H groups in total. The van der Waals surface area contributed by atoms with Gasteiger partial charge in [0.15, 0.2) is 0 Å². The van der Waals surface area contributed by atoms with Crippen molar-refractivity contribution < 1.29 is 19.1 Å². The molecule has 1 saturated carbocycles. The van der Waals surface area contributed by atoms with Crippen molar-refractivity contribution in [3.05, 3.63) is 28.3 Å². The van der Waals surface area contributed by atoms with Crippen LogP contribution in [0.25, 0.3) is 0 Å². The monoisotopic (exact) mass is 338 g/mol. The van der Waals surface area contributed by atoms with Crippen LogP contribution in [0, 0.1) is 10.1 Å². The Labute approximate surface area is 142 Å². The van der Waals surface area contributed by atoms with Gasteiger partial charge in [-0.05, 0) is 38.7 Å². The van der Waals surface area contributed by atoms with Crippen LogP contribution in [0.3, 0.4) is 0 Å². The number of nitrogens with zero attached hydrogens (tertiary/aromatic N) is 1. The number of hydrogen-bond donors (Lipinski definition) is 1. The third kappa shape index (κ3) is 5.35. The SMILES string of the molecule is CCOc1ccc([N+](=O)[O-])c(NC2CCCC(OCCOC)C2)c1. The standard InChI is InChI=1S/C17H26N2O5/c1-3-23-15-7-8-17(19(20)21)16(12-15)18-13-5-4-6-14(11-13)24-10-9-22-2/h7-8,12-14,18H,3-6,9-11H2,1-2H3. The van der Waals surface area contributed by atoms with Crippen molar-refractivity contribution in [3.8, 4) is 5.75 Å². The van der Waals surface area contributed by atoms with E-state index in [1.165, 1.54) is 6.07 Å². The lowest BCUT2D eigenvalue weighted by molar-refractivity contribution is -0.384. The normalized spacial score (nSPS) is 20.6. The fourth-order valence-corrected chi connectivity index (χ4v) is 2.99. The van der Waals surface area contributed by atoms with Gasteiger partial charge in [-0.25, -0.2) is 0 Å². The number of nitrogens with one attached hydrogen (secondary N) is 1. The van der Waals surface area contributed by atoms with E-state index in [4.69, 9.17) is 14.2 Å². The van der Waals surface area contributed by atoms with Crippen molar-refractivity contribution in [2.75, 3.05) is 32.2 Å². The molecule has 0 saturated heterocycles. The van der Waals surface area contributed by atoms with E-state index in [0.717, 1.165) is 25.7 Å². The highest BCUT2D eigenvalue weighted by Crippen LogP contribution is 2.32. The molecule has 2 atom stereocenters. The smallest absolute Gasteiger partial charge is 0.292 e. The molecule has 2 rings (SSSR count). The van der Waals surface area contributed by atoms with Crippen molar-refractivity contribution in [2.45, 2.75) is 44.8 Å². The highest BCUT2D eigenvalue weighted by Gasteiger charge is 2.25. The summed E-state index contributed by atoms with van der Waals surface area (Å²) in [4.78, 5) is 10.9. The Balaban J connectivity index is 2.02. The number of methoxy groups -OCH3 is 1. The molecule has 0 heterocycles. The van der Waals surface area contributed by atoms with Crippen molar-refractivity contribution in [1.29, 1.82) is 0 Å². The molecule has 0 spiro atoms. The average molecular weight is 338 g/mol. The third-order valence-electron chi connectivity index (χ3n) is 4.10. The molecule has 0 aliphatic heterocycles. The minimum Gasteiger partial charge on any atom is -0.494 e. The molecule has 0 radical (unpaired) electrons. The number of anilines is 1. The lowest BCUT2D eigenvalue weighted by atomic mass is 9.92. The molecule has 0 amide bonds. The quantitative estimate of drug-likeness (QED) is 0.422. The van der Waals surface area contributed by atoms with Crippen molar-refractivity contribution >= 4 is 11.4 Å². The molecule has 0 bridgehead atoms. The van der Waals surface area contributed by atoms with Gasteiger partial charge in [0.05, 0.1) is 30.8 Å². The molecule has 1 fully saturated rings. The van der Waals surface area contributed by atoms with Crippen LogP contribution in [0.15, 0.2) is 18.2 Å². The second-order valence-corrected chi connectivity index (χ2v) is 5.86. The molecule has 134 valence electrons. The summed E-state index contributed by atoms with van der Waals surface area (Å²) in [5, 5.41) is 14.6. The maximum atomic E-state index is 11.3. The summed E-state index contributed by atoms with van der Waals surface area (Å²) in [6.07, 6.45) is 4.03. The molecule has 0 aromatic heterocycles. The van der Waals surface area contributed by atoms with Gasteiger partial charge in [-0.15, -0.1) is 0 Å². The molecule has 1 aliphatic rings. The maximum absolute atomic E-state index is 11.3. The Kier molecular flexibility index (Phi) is 7.27. The summed E-state index contributed by atoms with van der Waals surface area (Å²) in [5.41, 5.74) is 0.578. The van der Waals surface area contributed by atoms with E-state index in [1.54, 1.807) is 19.2 Å². The van der Waals surface area contributed by atoms with Crippen LogP contribution in [0.4, 0.5) is 11.4 Å². The number of nitro benzene ring substituents is 1. The Morgan fingerprint density at radius 3 is 2.88 bits per heavy atom. The molecule has 1 aromatic rings. The van der Waals surface area contributed by atoms with Crippen LogP contribution in [-0.4, -0.2) is 44.0 Å². The zero-order valence-electron chi connectivity index (χ0n) is 14.3. The van der Waals surface area contributed by atoms with Crippen LogP contribution in [0.5, 0.6) is 5.75 Å². The summed E-state index contributed by atoms with van der Waals surface area (Å²) in [5.74, 6) is 0.634. The molecule has 2 unspecified atom stereocenters. The van der Waals surface area contributed by atoms with Crippen LogP contribution < -0.4 is 10.1 Å². The van der Waals surface area contributed by atoms with Crippen LogP contribution in [0.1, 0.15) is 32.6 Å². The summed E-state index contributed by atoms with van der Waals surface area (Å²) in [6.45, 7) is 3.57. The van der Waals surface area contributed by atoms with Gasteiger partial charge in [-0.2, -0.15) is 0 Å². The Morgan fingerprint density at radius 2 is 2.17 bits per heavy atom. The molecule has 24 heavy (non-hydrogen) atoms. The van der Waals surface area contributed by atoms with Crippen LogP contribution in [0.2, 0.25) is 0 Å². The van der Waals surface area contributed by atoms with E-state index in [1.807, 2.05) is 6.92 Å². The zero-order chi connectivity index (χ0) is 17.4. The van der Waals surface area contributed by atoms with E-state index in [2.05, 4.69) is 5.32 Å². The van der Waals surface area contributed by atoms with Crippen molar-refractivity contribution in [3.63, 3.8) is 0 Å².